The van der Waals surface area contributed by atoms with Crippen LogP contribution >= 0.6 is 0 Å². The lowest BCUT2D eigenvalue weighted by Gasteiger charge is -2.09. The van der Waals surface area contributed by atoms with E-state index in [-0.39, 0.29) is 5.83 Å². The molecule has 0 bridgehead atoms. The Morgan fingerprint density at radius 2 is 2.37 bits per heavy atom. The Kier molecular flexibility index (Phi) is 2.84. The maximum absolute atomic E-state index is 13.7. The molecule has 0 spiro atoms. The Morgan fingerprint density at radius 1 is 1.47 bits per heavy atom. The van der Waals surface area contributed by atoms with E-state index in [9.17, 15) is 4.39 Å². The summed E-state index contributed by atoms with van der Waals surface area (Å²) < 4.78 is 15.3. The fraction of sp³-hybridized carbons (Fsp3) is 0.214. The van der Waals surface area contributed by atoms with E-state index in [4.69, 9.17) is 5.26 Å². The molecule has 0 amide bonds. The van der Waals surface area contributed by atoms with Gasteiger partial charge in [0.05, 0.1) is 11.9 Å². The molecule has 0 unspecified atom stereocenters. The van der Waals surface area contributed by atoms with Crippen LogP contribution in [0.1, 0.15) is 18.5 Å². The second-order valence-corrected chi connectivity index (χ2v) is 4.36. The Bertz CT molecular complexity index is 733. The minimum atomic E-state index is -0.111. The van der Waals surface area contributed by atoms with E-state index in [1.165, 1.54) is 0 Å². The molecule has 2 aromatic heterocycles. The molecule has 2 heterocycles. The zero-order valence-electron chi connectivity index (χ0n) is 10.2. The van der Waals surface area contributed by atoms with Crippen molar-refractivity contribution in [1.29, 1.82) is 5.26 Å². The van der Waals surface area contributed by atoms with Crippen LogP contribution in [0.15, 0.2) is 41.9 Å². The fourth-order valence-electron chi connectivity index (χ4n) is 2.19. The van der Waals surface area contributed by atoms with Gasteiger partial charge in [-0.2, -0.15) is 10.4 Å². The van der Waals surface area contributed by atoms with Crippen molar-refractivity contribution >= 4 is 11.0 Å². The molecular weight excluding hydrogens is 243 g/mol. The van der Waals surface area contributed by atoms with Crippen LogP contribution in [0.25, 0.3) is 11.0 Å². The van der Waals surface area contributed by atoms with Crippen LogP contribution in [0, 0.1) is 11.3 Å². The number of fused-ring (bicyclic) bond motifs is 1. The van der Waals surface area contributed by atoms with Crippen LogP contribution in [-0.4, -0.2) is 14.8 Å². The second-order valence-electron chi connectivity index (χ2n) is 4.36. The van der Waals surface area contributed by atoms with Gasteiger partial charge < -0.3 is 0 Å². The van der Waals surface area contributed by atoms with Gasteiger partial charge in [0.1, 0.15) is 11.9 Å². The standard InChI is InChI=1S/C14H11FN4/c15-12-6-2-1-4-10(12)9-19-14-11(5-3-7-17-14)13(8-16)18-19/h1,3-5,7H,2,6,9H2. The minimum absolute atomic E-state index is 0.111. The van der Waals surface area contributed by atoms with E-state index in [1.54, 1.807) is 29.1 Å². The van der Waals surface area contributed by atoms with E-state index in [0.29, 0.717) is 35.3 Å². The lowest BCUT2D eigenvalue weighted by Crippen LogP contribution is -2.05. The number of aromatic nitrogens is 3. The number of halogens is 1. The summed E-state index contributed by atoms with van der Waals surface area (Å²) in [4.78, 5) is 4.22. The van der Waals surface area contributed by atoms with Crippen LogP contribution < -0.4 is 0 Å². The molecule has 0 aliphatic heterocycles. The first-order valence-corrected chi connectivity index (χ1v) is 6.05. The number of nitrogens with zero attached hydrogens (tertiary/aromatic N) is 4. The van der Waals surface area contributed by atoms with Crippen LogP contribution in [0.3, 0.4) is 0 Å². The first-order chi connectivity index (χ1) is 9.29. The van der Waals surface area contributed by atoms with Gasteiger partial charge >= 0.3 is 0 Å². The van der Waals surface area contributed by atoms with Gasteiger partial charge in [-0.15, -0.1) is 0 Å². The highest BCUT2D eigenvalue weighted by Gasteiger charge is 2.14. The molecule has 0 atom stereocenters. The van der Waals surface area contributed by atoms with E-state index >= 15 is 0 Å². The molecule has 1 aliphatic carbocycles. The topological polar surface area (TPSA) is 54.5 Å². The van der Waals surface area contributed by atoms with Crippen LogP contribution in [0.4, 0.5) is 4.39 Å². The molecule has 0 fully saturated rings. The number of nitriles is 1. The summed E-state index contributed by atoms with van der Waals surface area (Å²) in [5.74, 6) is -0.111. The minimum Gasteiger partial charge on any atom is -0.241 e. The summed E-state index contributed by atoms with van der Waals surface area (Å²) in [6.45, 7) is 0.303. The van der Waals surface area contributed by atoms with Gasteiger partial charge in [0.15, 0.2) is 11.3 Å². The van der Waals surface area contributed by atoms with Crippen molar-refractivity contribution in [3.8, 4) is 6.07 Å². The zero-order valence-corrected chi connectivity index (χ0v) is 10.2. The van der Waals surface area contributed by atoms with Gasteiger partial charge in [-0.25, -0.2) is 14.1 Å². The van der Waals surface area contributed by atoms with Gasteiger partial charge in [-0.3, -0.25) is 0 Å². The zero-order chi connectivity index (χ0) is 13.2. The highest BCUT2D eigenvalue weighted by Crippen LogP contribution is 2.23. The molecule has 2 aromatic rings. The molecule has 0 radical (unpaired) electrons. The summed E-state index contributed by atoms with van der Waals surface area (Å²) in [7, 11) is 0. The molecule has 1 aliphatic rings. The Labute approximate surface area is 109 Å². The lowest BCUT2D eigenvalue weighted by atomic mass is 10.1. The van der Waals surface area contributed by atoms with E-state index < -0.39 is 0 Å². The maximum atomic E-state index is 13.7. The fourth-order valence-corrected chi connectivity index (χ4v) is 2.19. The normalized spacial score (nSPS) is 14.9. The number of pyridine rings is 1. The average molecular weight is 254 g/mol. The molecule has 0 saturated carbocycles. The van der Waals surface area contributed by atoms with Crippen molar-refractivity contribution in [3.05, 3.63) is 47.6 Å². The van der Waals surface area contributed by atoms with E-state index in [2.05, 4.69) is 10.1 Å². The first-order valence-electron chi connectivity index (χ1n) is 6.05. The number of allylic oxidation sites excluding steroid dienone is 4. The monoisotopic (exact) mass is 254 g/mol. The predicted molar refractivity (Wildman–Crippen MR) is 68.8 cm³/mol. The third kappa shape index (κ3) is 2.02. The van der Waals surface area contributed by atoms with Crippen molar-refractivity contribution in [1.82, 2.24) is 14.8 Å². The summed E-state index contributed by atoms with van der Waals surface area (Å²) in [5, 5.41) is 13.9. The van der Waals surface area contributed by atoms with Crippen LogP contribution in [-0.2, 0) is 6.54 Å². The van der Waals surface area contributed by atoms with Crippen LogP contribution in [0.5, 0.6) is 0 Å². The molecule has 0 N–H and O–H groups in total. The van der Waals surface area contributed by atoms with Gasteiger partial charge in [-0.1, -0.05) is 12.2 Å². The van der Waals surface area contributed by atoms with Crippen molar-refractivity contribution < 1.29 is 4.39 Å². The number of rotatable bonds is 2. The first kappa shape index (κ1) is 11.6. The van der Waals surface area contributed by atoms with Gasteiger partial charge in [0, 0.05) is 18.2 Å². The smallest absolute Gasteiger partial charge is 0.172 e. The predicted octanol–water partition coefficient (Wildman–Crippen LogP) is 2.88. The van der Waals surface area contributed by atoms with Gasteiger partial charge in [0.25, 0.3) is 0 Å². The largest absolute Gasteiger partial charge is 0.241 e. The third-order valence-corrected chi connectivity index (χ3v) is 3.13. The summed E-state index contributed by atoms with van der Waals surface area (Å²) in [6.07, 6.45) is 6.54. The van der Waals surface area contributed by atoms with Crippen LogP contribution in [0.2, 0.25) is 0 Å². The molecule has 3 rings (SSSR count). The Balaban J connectivity index is 2.07. The molecule has 94 valence electrons. The molecule has 4 nitrogen and oxygen atoms in total. The highest BCUT2D eigenvalue weighted by molar-refractivity contribution is 5.80. The van der Waals surface area contributed by atoms with Crippen molar-refractivity contribution in [3.63, 3.8) is 0 Å². The molecule has 19 heavy (non-hydrogen) atoms. The molecule has 0 aromatic carbocycles. The number of hydrogen-bond donors (Lipinski definition) is 0. The second kappa shape index (κ2) is 4.65. The van der Waals surface area contributed by atoms with Crippen molar-refractivity contribution in [2.24, 2.45) is 0 Å². The summed E-state index contributed by atoms with van der Waals surface area (Å²) in [6, 6.07) is 5.60. The third-order valence-electron chi connectivity index (χ3n) is 3.13. The van der Waals surface area contributed by atoms with Crippen molar-refractivity contribution in [2.75, 3.05) is 0 Å². The Hall–Kier alpha value is -2.48. The molecule has 5 heteroatoms. The van der Waals surface area contributed by atoms with E-state index in [1.807, 2.05) is 12.1 Å². The quantitative estimate of drug-likeness (QED) is 0.828. The van der Waals surface area contributed by atoms with Crippen molar-refractivity contribution in [2.45, 2.75) is 19.4 Å². The average Bonchev–Trinajstić information content (AvgIpc) is 2.80. The highest BCUT2D eigenvalue weighted by atomic mass is 19.1. The molecule has 0 saturated heterocycles. The maximum Gasteiger partial charge on any atom is 0.172 e. The van der Waals surface area contributed by atoms with E-state index in [0.717, 1.165) is 6.42 Å². The summed E-state index contributed by atoms with van der Waals surface area (Å²) in [5.41, 5.74) is 1.54. The Morgan fingerprint density at radius 3 is 3.16 bits per heavy atom. The number of hydrogen-bond acceptors (Lipinski definition) is 3. The lowest BCUT2D eigenvalue weighted by molar-refractivity contribution is 0.558. The van der Waals surface area contributed by atoms with Gasteiger partial charge in [-0.05, 0) is 18.6 Å². The molecular formula is C14H11FN4. The van der Waals surface area contributed by atoms with Gasteiger partial charge in [0.2, 0.25) is 0 Å². The SMILES string of the molecule is N#Cc1nn(CC2=C(F)CCC=C2)c2ncccc12. The summed E-state index contributed by atoms with van der Waals surface area (Å²) >= 11 is 0.